The van der Waals surface area contributed by atoms with Crippen molar-refractivity contribution in [3.05, 3.63) is 93.4 Å². The number of fused-ring (bicyclic) bond motifs is 1. The van der Waals surface area contributed by atoms with E-state index in [9.17, 15) is 9.59 Å². The summed E-state index contributed by atoms with van der Waals surface area (Å²) in [5.41, 5.74) is 1.86. The molecule has 3 atom stereocenters. The second kappa shape index (κ2) is 7.73. The highest BCUT2D eigenvalue weighted by molar-refractivity contribution is 9.10. The SMILES string of the molecule is Cc1ccc(N2C(=O)[C@@H]3ON(c4ccccc4)[C@@H](c4ccc(Br)cc4)[C@@]3(C)C2=O)cc1Cl. The highest BCUT2D eigenvalue weighted by atomic mass is 79.9. The van der Waals surface area contributed by atoms with E-state index in [1.54, 1.807) is 23.3 Å². The fourth-order valence-corrected chi connectivity index (χ4v) is 4.98. The van der Waals surface area contributed by atoms with Gasteiger partial charge in [0.1, 0.15) is 5.41 Å². The minimum absolute atomic E-state index is 0.307. The normalized spacial score (nSPS) is 24.9. The predicted molar refractivity (Wildman–Crippen MR) is 127 cm³/mol. The van der Waals surface area contributed by atoms with Crippen molar-refractivity contribution in [1.82, 2.24) is 0 Å². The summed E-state index contributed by atoms with van der Waals surface area (Å²) in [5, 5.41) is 2.20. The third-order valence-corrected chi connectivity index (χ3v) is 7.22. The van der Waals surface area contributed by atoms with Gasteiger partial charge in [0.15, 0.2) is 6.10 Å². The zero-order chi connectivity index (χ0) is 22.6. The van der Waals surface area contributed by atoms with Crippen molar-refractivity contribution in [3.8, 4) is 0 Å². The number of halogens is 2. The highest BCUT2D eigenvalue weighted by Gasteiger charge is 2.68. The molecule has 32 heavy (non-hydrogen) atoms. The van der Waals surface area contributed by atoms with Crippen molar-refractivity contribution in [1.29, 1.82) is 0 Å². The molecule has 2 aliphatic rings. The zero-order valence-electron chi connectivity index (χ0n) is 17.5. The Balaban J connectivity index is 1.64. The van der Waals surface area contributed by atoms with Gasteiger partial charge in [-0.05, 0) is 61.4 Å². The summed E-state index contributed by atoms with van der Waals surface area (Å²) >= 11 is 9.76. The van der Waals surface area contributed by atoms with Gasteiger partial charge in [0.25, 0.3) is 5.91 Å². The van der Waals surface area contributed by atoms with Crippen LogP contribution in [0, 0.1) is 12.3 Å². The third kappa shape index (κ3) is 3.09. The Morgan fingerprint density at radius 1 is 0.969 bits per heavy atom. The molecule has 0 bridgehead atoms. The molecule has 7 heteroatoms. The van der Waals surface area contributed by atoms with Crippen molar-refractivity contribution in [3.63, 3.8) is 0 Å². The summed E-state index contributed by atoms with van der Waals surface area (Å²) < 4.78 is 0.929. The molecule has 162 valence electrons. The van der Waals surface area contributed by atoms with E-state index in [1.807, 2.05) is 68.4 Å². The van der Waals surface area contributed by atoms with E-state index < -0.39 is 23.5 Å². The molecule has 3 aromatic rings. The maximum atomic E-state index is 13.9. The molecule has 0 aliphatic carbocycles. The van der Waals surface area contributed by atoms with E-state index in [-0.39, 0.29) is 5.91 Å². The molecule has 2 saturated heterocycles. The number of rotatable bonds is 3. The van der Waals surface area contributed by atoms with Gasteiger partial charge in [-0.1, -0.05) is 63.9 Å². The Morgan fingerprint density at radius 3 is 2.31 bits per heavy atom. The number of nitrogens with zero attached hydrogens (tertiary/aromatic N) is 2. The van der Waals surface area contributed by atoms with Crippen LogP contribution in [-0.4, -0.2) is 17.9 Å². The monoisotopic (exact) mass is 510 g/mol. The van der Waals surface area contributed by atoms with Gasteiger partial charge in [-0.3, -0.25) is 14.4 Å². The summed E-state index contributed by atoms with van der Waals surface area (Å²) in [4.78, 5) is 34.8. The molecule has 0 N–H and O–H groups in total. The van der Waals surface area contributed by atoms with Crippen molar-refractivity contribution in [2.45, 2.75) is 26.0 Å². The molecule has 2 heterocycles. The van der Waals surface area contributed by atoms with Gasteiger partial charge in [0, 0.05) is 9.50 Å². The van der Waals surface area contributed by atoms with Crippen LogP contribution in [0.2, 0.25) is 5.02 Å². The van der Waals surface area contributed by atoms with Crippen LogP contribution in [0.3, 0.4) is 0 Å². The van der Waals surface area contributed by atoms with Gasteiger partial charge in [-0.25, -0.2) is 9.96 Å². The van der Waals surface area contributed by atoms with Crippen LogP contribution in [0.1, 0.15) is 24.1 Å². The topological polar surface area (TPSA) is 49.9 Å². The van der Waals surface area contributed by atoms with Crippen LogP contribution in [0.5, 0.6) is 0 Å². The molecule has 5 nitrogen and oxygen atoms in total. The number of hydrogen-bond donors (Lipinski definition) is 0. The first-order valence-corrected chi connectivity index (χ1v) is 11.4. The smallest absolute Gasteiger partial charge is 0.266 e. The van der Waals surface area contributed by atoms with Gasteiger partial charge in [0.05, 0.1) is 17.4 Å². The second-order valence-corrected chi connectivity index (χ2v) is 9.62. The average Bonchev–Trinajstić information content (AvgIpc) is 3.20. The number of hydroxylamine groups is 1. The Labute approximate surface area is 199 Å². The van der Waals surface area contributed by atoms with Gasteiger partial charge in [0.2, 0.25) is 5.91 Å². The predicted octanol–water partition coefficient (Wildman–Crippen LogP) is 5.85. The second-order valence-electron chi connectivity index (χ2n) is 8.30. The molecule has 0 radical (unpaired) electrons. The number of imide groups is 1. The molecular weight excluding hydrogens is 492 g/mol. The summed E-state index contributed by atoms with van der Waals surface area (Å²) in [6.07, 6.45) is -0.955. The van der Waals surface area contributed by atoms with Crippen molar-refractivity contribution >= 4 is 50.7 Å². The number of benzene rings is 3. The lowest BCUT2D eigenvalue weighted by atomic mass is 9.76. The molecule has 2 aliphatic heterocycles. The molecule has 0 unspecified atom stereocenters. The first kappa shape index (κ1) is 21.2. The van der Waals surface area contributed by atoms with Crippen molar-refractivity contribution in [2.24, 2.45) is 5.41 Å². The highest BCUT2D eigenvalue weighted by Crippen LogP contribution is 2.55. The maximum Gasteiger partial charge on any atom is 0.266 e. The van der Waals surface area contributed by atoms with Crippen LogP contribution < -0.4 is 9.96 Å². The minimum atomic E-state index is -1.13. The fraction of sp³-hybridized carbons (Fsp3) is 0.200. The number of para-hydroxylation sites is 1. The number of hydrogen-bond acceptors (Lipinski definition) is 4. The van der Waals surface area contributed by atoms with Crippen molar-refractivity contribution < 1.29 is 14.4 Å². The lowest BCUT2D eigenvalue weighted by molar-refractivity contribution is -0.128. The Kier molecular flexibility index (Phi) is 5.12. The summed E-state index contributed by atoms with van der Waals surface area (Å²) in [6.45, 7) is 3.68. The van der Waals surface area contributed by atoms with Gasteiger partial charge in [-0.15, -0.1) is 0 Å². The summed E-state index contributed by atoms with van der Waals surface area (Å²) in [7, 11) is 0. The van der Waals surface area contributed by atoms with Crippen LogP contribution in [0.4, 0.5) is 11.4 Å². The fourth-order valence-electron chi connectivity index (χ4n) is 4.54. The molecule has 2 fully saturated rings. The van der Waals surface area contributed by atoms with E-state index in [2.05, 4.69) is 15.9 Å². The van der Waals surface area contributed by atoms with E-state index in [1.165, 1.54) is 4.90 Å². The number of aryl methyl sites for hydroxylation is 1. The molecule has 3 aromatic carbocycles. The Morgan fingerprint density at radius 2 is 1.66 bits per heavy atom. The maximum absolute atomic E-state index is 13.9. The van der Waals surface area contributed by atoms with Crippen LogP contribution in [0.15, 0.2) is 77.3 Å². The Bertz CT molecular complexity index is 1220. The number of anilines is 2. The molecule has 0 aromatic heterocycles. The van der Waals surface area contributed by atoms with Crippen LogP contribution in [-0.2, 0) is 14.4 Å². The van der Waals surface area contributed by atoms with E-state index in [0.29, 0.717) is 10.7 Å². The first-order valence-electron chi connectivity index (χ1n) is 10.2. The number of carbonyl (C=O) groups is 2. The molecule has 0 spiro atoms. The summed E-state index contributed by atoms with van der Waals surface area (Å²) in [5.74, 6) is -0.697. The van der Waals surface area contributed by atoms with Gasteiger partial charge in [-0.2, -0.15) is 0 Å². The lowest BCUT2D eigenvalue weighted by Crippen LogP contribution is -2.41. The van der Waals surface area contributed by atoms with Gasteiger partial charge < -0.3 is 0 Å². The van der Waals surface area contributed by atoms with E-state index >= 15 is 0 Å². The van der Waals surface area contributed by atoms with E-state index in [0.717, 1.165) is 21.3 Å². The molecule has 5 rings (SSSR count). The van der Waals surface area contributed by atoms with Crippen LogP contribution in [0.25, 0.3) is 0 Å². The van der Waals surface area contributed by atoms with Gasteiger partial charge >= 0.3 is 0 Å². The largest absolute Gasteiger partial charge is 0.273 e. The number of amides is 2. The summed E-state index contributed by atoms with van der Waals surface area (Å²) in [6, 6.07) is 22.0. The lowest BCUT2D eigenvalue weighted by Gasteiger charge is -2.32. The van der Waals surface area contributed by atoms with Crippen molar-refractivity contribution in [2.75, 3.05) is 9.96 Å². The number of carbonyl (C=O) groups excluding carboxylic acids is 2. The molecule has 2 amide bonds. The van der Waals surface area contributed by atoms with Crippen LogP contribution >= 0.6 is 27.5 Å². The third-order valence-electron chi connectivity index (χ3n) is 6.28. The standard InChI is InChI=1S/C25H20BrClN2O3/c1-15-8-13-19(14-20(15)27)28-23(30)22-25(2,24(28)31)21(16-9-11-17(26)12-10-16)29(32-22)18-6-4-3-5-7-18/h3-14,21-22H,1-2H3/t21-,22-,25+/m0/s1. The quantitative estimate of drug-likeness (QED) is 0.414. The average molecular weight is 512 g/mol. The molecular formula is C25H20BrClN2O3. The Hall–Kier alpha value is -2.67. The minimum Gasteiger partial charge on any atom is -0.273 e. The first-order chi connectivity index (χ1) is 15.3. The zero-order valence-corrected chi connectivity index (χ0v) is 19.8. The van der Waals surface area contributed by atoms with E-state index in [4.69, 9.17) is 16.4 Å². The molecule has 0 saturated carbocycles.